The Morgan fingerprint density at radius 1 is 0.960 bits per heavy atom. The van der Waals surface area contributed by atoms with Crippen LogP contribution in [0.5, 0.6) is 0 Å². The van der Waals surface area contributed by atoms with Crippen molar-refractivity contribution in [3.63, 3.8) is 0 Å². The molecule has 0 bridgehead atoms. The van der Waals surface area contributed by atoms with Crippen molar-refractivity contribution in [1.82, 2.24) is 4.90 Å². The molecule has 0 aliphatic carbocycles. The van der Waals surface area contributed by atoms with Crippen molar-refractivity contribution >= 4 is 23.2 Å². The summed E-state index contributed by atoms with van der Waals surface area (Å²) in [6.07, 6.45) is -4.36. The zero-order chi connectivity index (χ0) is 18.0. The highest BCUT2D eigenvalue weighted by atomic mass is 35.5. The third kappa shape index (κ3) is 4.07. The molecule has 0 N–H and O–H groups in total. The van der Waals surface area contributed by atoms with E-state index in [1.807, 2.05) is 4.90 Å². The van der Waals surface area contributed by atoms with Crippen LogP contribution in [-0.2, 0) is 6.18 Å². The number of anilines is 1. The van der Waals surface area contributed by atoms with Gasteiger partial charge in [0.2, 0.25) is 0 Å². The molecule has 0 spiro atoms. The standard InChI is InChI=1S/C18H16ClF3N2O/c19-15-5-1-3-13(11-15)17(25)24-9-7-23(8-10-24)16-6-2-4-14(12-16)18(20,21)22/h1-6,11-12H,7-10H2. The molecule has 2 aromatic carbocycles. The molecule has 1 fully saturated rings. The minimum absolute atomic E-state index is 0.119. The maximum Gasteiger partial charge on any atom is 0.416 e. The zero-order valence-corrected chi connectivity index (χ0v) is 14.0. The average molecular weight is 369 g/mol. The van der Waals surface area contributed by atoms with E-state index in [2.05, 4.69) is 0 Å². The lowest BCUT2D eigenvalue weighted by Crippen LogP contribution is -2.48. The molecule has 0 saturated carbocycles. The number of amides is 1. The zero-order valence-electron chi connectivity index (χ0n) is 13.3. The van der Waals surface area contributed by atoms with Gasteiger partial charge in [-0.05, 0) is 36.4 Å². The summed E-state index contributed by atoms with van der Waals surface area (Å²) in [4.78, 5) is 16.0. The third-order valence-corrected chi connectivity index (χ3v) is 4.41. The Bertz CT molecular complexity index is 771. The minimum atomic E-state index is -4.36. The first kappa shape index (κ1) is 17.6. The van der Waals surface area contributed by atoms with Gasteiger partial charge in [0.25, 0.3) is 5.91 Å². The highest BCUT2D eigenvalue weighted by Crippen LogP contribution is 2.32. The maximum atomic E-state index is 12.8. The molecule has 1 aliphatic heterocycles. The normalized spacial score (nSPS) is 15.4. The van der Waals surface area contributed by atoms with Crippen molar-refractivity contribution in [2.45, 2.75) is 6.18 Å². The Kier molecular flexibility index (Phi) is 4.90. The maximum absolute atomic E-state index is 12.8. The molecule has 25 heavy (non-hydrogen) atoms. The lowest BCUT2D eigenvalue weighted by molar-refractivity contribution is -0.137. The number of alkyl halides is 3. The van der Waals surface area contributed by atoms with Gasteiger partial charge in [-0.2, -0.15) is 13.2 Å². The number of rotatable bonds is 2. The van der Waals surface area contributed by atoms with E-state index in [4.69, 9.17) is 11.6 Å². The molecule has 3 nitrogen and oxygen atoms in total. The first-order chi connectivity index (χ1) is 11.8. The summed E-state index contributed by atoms with van der Waals surface area (Å²) in [5.41, 5.74) is 0.368. The molecule has 0 atom stereocenters. The van der Waals surface area contributed by atoms with Crippen LogP contribution in [0.4, 0.5) is 18.9 Å². The molecule has 0 aromatic heterocycles. The number of hydrogen-bond acceptors (Lipinski definition) is 2. The Balaban J connectivity index is 1.67. The molecule has 0 unspecified atom stereocenters. The SMILES string of the molecule is O=C(c1cccc(Cl)c1)N1CCN(c2cccc(C(F)(F)F)c2)CC1. The molecule has 1 heterocycles. The fraction of sp³-hybridized carbons (Fsp3) is 0.278. The van der Waals surface area contributed by atoms with Crippen LogP contribution in [-0.4, -0.2) is 37.0 Å². The van der Waals surface area contributed by atoms with E-state index in [-0.39, 0.29) is 5.91 Å². The fourth-order valence-electron chi connectivity index (χ4n) is 2.85. The molecule has 1 saturated heterocycles. The third-order valence-electron chi connectivity index (χ3n) is 4.18. The van der Waals surface area contributed by atoms with Crippen LogP contribution in [0.3, 0.4) is 0 Å². The molecule has 1 amide bonds. The van der Waals surface area contributed by atoms with Gasteiger partial charge >= 0.3 is 6.18 Å². The molecule has 2 aromatic rings. The van der Waals surface area contributed by atoms with Gasteiger partial charge < -0.3 is 9.80 Å². The predicted octanol–water partition coefficient (Wildman–Crippen LogP) is 4.32. The number of carbonyl (C=O) groups is 1. The number of piperazine rings is 1. The van der Waals surface area contributed by atoms with Crippen molar-refractivity contribution in [3.8, 4) is 0 Å². The van der Waals surface area contributed by atoms with E-state index in [0.29, 0.717) is 42.5 Å². The van der Waals surface area contributed by atoms with Crippen LogP contribution in [0.15, 0.2) is 48.5 Å². The Morgan fingerprint density at radius 2 is 1.64 bits per heavy atom. The van der Waals surface area contributed by atoms with Gasteiger partial charge in [-0.15, -0.1) is 0 Å². The van der Waals surface area contributed by atoms with Gasteiger partial charge in [-0.3, -0.25) is 4.79 Å². The highest BCUT2D eigenvalue weighted by molar-refractivity contribution is 6.30. The van der Waals surface area contributed by atoms with Crippen molar-refractivity contribution < 1.29 is 18.0 Å². The van der Waals surface area contributed by atoms with Crippen LogP contribution in [0.25, 0.3) is 0 Å². The second kappa shape index (κ2) is 6.96. The van der Waals surface area contributed by atoms with E-state index in [1.165, 1.54) is 6.07 Å². The van der Waals surface area contributed by atoms with E-state index in [9.17, 15) is 18.0 Å². The van der Waals surface area contributed by atoms with Crippen LogP contribution in [0.2, 0.25) is 5.02 Å². The van der Waals surface area contributed by atoms with Crippen molar-refractivity contribution in [2.75, 3.05) is 31.1 Å². The number of benzene rings is 2. The number of hydrogen-bond donors (Lipinski definition) is 0. The average Bonchev–Trinajstić information content (AvgIpc) is 2.61. The smallest absolute Gasteiger partial charge is 0.368 e. The summed E-state index contributed by atoms with van der Waals surface area (Å²) in [6, 6.07) is 12.0. The van der Waals surface area contributed by atoms with Crippen molar-refractivity contribution in [1.29, 1.82) is 0 Å². The quantitative estimate of drug-likeness (QED) is 0.788. The first-order valence-corrected chi connectivity index (χ1v) is 8.19. The molecule has 132 valence electrons. The monoisotopic (exact) mass is 368 g/mol. The summed E-state index contributed by atoms with van der Waals surface area (Å²) in [6.45, 7) is 1.85. The predicted molar refractivity (Wildman–Crippen MR) is 91.0 cm³/mol. The van der Waals surface area contributed by atoms with Gasteiger partial charge in [-0.25, -0.2) is 0 Å². The van der Waals surface area contributed by atoms with Gasteiger partial charge in [-0.1, -0.05) is 23.7 Å². The Hall–Kier alpha value is -2.21. The molecule has 7 heteroatoms. The number of nitrogens with zero attached hydrogens (tertiary/aromatic N) is 2. The summed E-state index contributed by atoms with van der Waals surface area (Å²) in [5, 5.41) is 0.494. The second-order valence-electron chi connectivity index (χ2n) is 5.84. The summed E-state index contributed by atoms with van der Waals surface area (Å²) in [7, 11) is 0. The van der Waals surface area contributed by atoms with E-state index in [0.717, 1.165) is 12.1 Å². The molecule has 0 radical (unpaired) electrons. The Labute approximate surface area is 148 Å². The Morgan fingerprint density at radius 3 is 2.28 bits per heavy atom. The fourth-order valence-corrected chi connectivity index (χ4v) is 3.04. The largest absolute Gasteiger partial charge is 0.416 e. The minimum Gasteiger partial charge on any atom is -0.368 e. The number of halogens is 4. The summed E-state index contributed by atoms with van der Waals surface area (Å²) < 4.78 is 38.5. The summed E-state index contributed by atoms with van der Waals surface area (Å²) in [5.74, 6) is -0.119. The van der Waals surface area contributed by atoms with Crippen LogP contribution < -0.4 is 4.90 Å². The van der Waals surface area contributed by atoms with Gasteiger partial charge in [0, 0.05) is 42.5 Å². The van der Waals surface area contributed by atoms with Gasteiger partial charge in [0.1, 0.15) is 0 Å². The van der Waals surface area contributed by atoms with Crippen LogP contribution >= 0.6 is 11.6 Å². The molecule has 1 aliphatic rings. The number of carbonyl (C=O) groups excluding carboxylic acids is 1. The van der Waals surface area contributed by atoms with Gasteiger partial charge in [0.15, 0.2) is 0 Å². The van der Waals surface area contributed by atoms with E-state index >= 15 is 0 Å². The van der Waals surface area contributed by atoms with Gasteiger partial charge in [0.05, 0.1) is 5.56 Å². The van der Waals surface area contributed by atoms with Crippen LogP contribution in [0.1, 0.15) is 15.9 Å². The lowest BCUT2D eigenvalue weighted by Gasteiger charge is -2.36. The van der Waals surface area contributed by atoms with E-state index < -0.39 is 11.7 Å². The molecular weight excluding hydrogens is 353 g/mol. The van der Waals surface area contributed by atoms with Crippen LogP contribution in [0, 0.1) is 0 Å². The molecular formula is C18H16ClF3N2O. The van der Waals surface area contributed by atoms with E-state index in [1.54, 1.807) is 35.2 Å². The summed E-state index contributed by atoms with van der Waals surface area (Å²) >= 11 is 5.91. The van der Waals surface area contributed by atoms with Crippen molar-refractivity contribution in [3.05, 3.63) is 64.7 Å². The topological polar surface area (TPSA) is 23.6 Å². The second-order valence-corrected chi connectivity index (χ2v) is 6.27. The molecule has 3 rings (SSSR count). The lowest BCUT2D eigenvalue weighted by atomic mass is 10.1. The highest BCUT2D eigenvalue weighted by Gasteiger charge is 2.31. The first-order valence-electron chi connectivity index (χ1n) is 7.81. The van der Waals surface area contributed by atoms with Crippen molar-refractivity contribution in [2.24, 2.45) is 0 Å².